The van der Waals surface area contributed by atoms with Gasteiger partial charge in [-0.05, 0) is 31.5 Å². The van der Waals surface area contributed by atoms with Crippen LogP contribution >= 0.6 is 0 Å². The molecule has 0 saturated heterocycles. The van der Waals surface area contributed by atoms with Crippen molar-refractivity contribution in [1.82, 2.24) is 9.97 Å². The molecule has 0 radical (unpaired) electrons. The third-order valence-electron chi connectivity index (χ3n) is 2.88. The Morgan fingerprint density at radius 2 is 2.16 bits per heavy atom. The van der Waals surface area contributed by atoms with E-state index in [-0.39, 0.29) is 5.56 Å². The van der Waals surface area contributed by atoms with Crippen molar-refractivity contribution in [3.8, 4) is 0 Å². The number of nitrogen functional groups attached to an aromatic ring is 1. The Labute approximate surface area is 112 Å². The molecule has 5 nitrogen and oxygen atoms in total. The van der Waals surface area contributed by atoms with E-state index in [1.54, 1.807) is 6.92 Å². The van der Waals surface area contributed by atoms with Crippen LogP contribution in [-0.2, 0) is 6.54 Å². The predicted octanol–water partition coefficient (Wildman–Crippen LogP) is 1.69. The standard InChI is InChI=1S/C14H18N4O/c1-3-18(9-11-5-4-6-12(15)7-11)13-8-14(19)17-10(2)16-13/h4-8H,3,9,15H2,1-2H3,(H,16,17,19). The molecule has 0 unspecified atom stereocenters. The lowest BCUT2D eigenvalue weighted by Crippen LogP contribution is -2.25. The first-order valence-corrected chi connectivity index (χ1v) is 6.26. The van der Waals surface area contributed by atoms with E-state index in [0.29, 0.717) is 18.2 Å². The number of nitrogens with two attached hydrogens (primary N) is 1. The zero-order valence-corrected chi connectivity index (χ0v) is 11.2. The van der Waals surface area contributed by atoms with Crippen molar-refractivity contribution in [2.45, 2.75) is 20.4 Å². The lowest BCUT2D eigenvalue weighted by atomic mass is 10.2. The quantitative estimate of drug-likeness (QED) is 0.818. The van der Waals surface area contributed by atoms with Crippen LogP contribution < -0.4 is 16.2 Å². The number of hydrogen-bond acceptors (Lipinski definition) is 4. The van der Waals surface area contributed by atoms with Gasteiger partial charge >= 0.3 is 0 Å². The molecule has 0 amide bonds. The highest BCUT2D eigenvalue weighted by Crippen LogP contribution is 2.14. The predicted molar refractivity (Wildman–Crippen MR) is 77.2 cm³/mol. The summed E-state index contributed by atoms with van der Waals surface area (Å²) in [6.07, 6.45) is 0. The van der Waals surface area contributed by atoms with Crippen molar-refractivity contribution in [2.75, 3.05) is 17.2 Å². The number of rotatable bonds is 4. The number of hydrogen-bond donors (Lipinski definition) is 2. The molecular formula is C14H18N4O. The molecule has 19 heavy (non-hydrogen) atoms. The van der Waals surface area contributed by atoms with Gasteiger partial charge < -0.3 is 15.6 Å². The van der Waals surface area contributed by atoms with E-state index in [4.69, 9.17) is 5.73 Å². The highest BCUT2D eigenvalue weighted by molar-refractivity contribution is 5.44. The van der Waals surface area contributed by atoms with Crippen molar-refractivity contribution in [1.29, 1.82) is 0 Å². The van der Waals surface area contributed by atoms with Gasteiger partial charge in [0.1, 0.15) is 11.6 Å². The normalized spacial score (nSPS) is 10.4. The first kappa shape index (κ1) is 13.1. The Morgan fingerprint density at radius 3 is 2.79 bits per heavy atom. The average molecular weight is 258 g/mol. The minimum Gasteiger partial charge on any atom is -0.399 e. The van der Waals surface area contributed by atoms with Crippen molar-refractivity contribution in [3.05, 3.63) is 52.1 Å². The van der Waals surface area contributed by atoms with Gasteiger partial charge in [-0.15, -0.1) is 0 Å². The van der Waals surface area contributed by atoms with Crippen molar-refractivity contribution in [2.24, 2.45) is 0 Å². The zero-order valence-electron chi connectivity index (χ0n) is 11.2. The van der Waals surface area contributed by atoms with E-state index in [0.717, 1.165) is 17.8 Å². The SMILES string of the molecule is CCN(Cc1cccc(N)c1)c1cc(=O)[nH]c(C)n1. The number of aromatic amines is 1. The van der Waals surface area contributed by atoms with E-state index >= 15 is 0 Å². The van der Waals surface area contributed by atoms with Crippen LogP contribution in [0.2, 0.25) is 0 Å². The van der Waals surface area contributed by atoms with Crippen LogP contribution in [0.25, 0.3) is 0 Å². The molecule has 1 aromatic heterocycles. The Balaban J connectivity index is 2.27. The summed E-state index contributed by atoms with van der Waals surface area (Å²) >= 11 is 0. The monoisotopic (exact) mass is 258 g/mol. The zero-order chi connectivity index (χ0) is 13.8. The van der Waals surface area contributed by atoms with Crippen molar-refractivity contribution >= 4 is 11.5 Å². The highest BCUT2D eigenvalue weighted by atomic mass is 16.1. The first-order valence-electron chi connectivity index (χ1n) is 6.26. The number of H-pyrrole nitrogens is 1. The van der Waals surface area contributed by atoms with Gasteiger partial charge in [0.05, 0.1) is 0 Å². The van der Waals surface area contributed by atoms with Crippen LogP contribution in [-0.4, -0.2) is 16.5 Å². The highest BCUT2D eigenvalue weighted by Gasteiger charge is 2.08. The van der Waals surface area contributed by atoms with Gasteiger partial charge in [-0.25, -0.2) is 4.98 Å². The number of anilines is 2. The maximum Gasteiger partial charge on any atom is 0.252 e. The molecule has 0 spiro atoms. The summed E-state index contributed by atoms with van der Waals surface area (Å²) < 4.78 is 0. The number of nitrogens with zero attached hydrogens (tertiary/aromatic N) is 2. The minimum absolute atomic E-state index is 0.131. The molecule has 0 aliphatic rings. The van der Waals surface area contributed by atoms with Crippen LogP contribution in [0.3, 0.4) is 0 Å². The largest absolute Gasteiger partial charge is 0.399 e. The average Bonchev–Trinajstić information content (AvgIpc) is 2.34. The first-order chi connectivity index (χ1) is 9.08. The fourth-order valence-electron chi connectivity index (χ4n) is 1.99. The molecule has 0 bridgehead atoms. The van der Waals surface area contributed by atoms with Crippen LogP contribution in [0.5, 0.6) is 0 Å². The molecule has 2 aromatic rings. The molecule has 0 fully saturated rings. The van der Waals surface area contributed by atoms with Crippen LogP contribution in [0.15, 0.2) is 35.1 Å². The Hall–Kier alpha value is -2.30. The summed E-state index contributed by atoms with van der Waals surface area (Å²) in [5.41, 5.74) is 7.48. The van der Waals surface area contributed by atoms with Gasteiger partial charge in [-0.2, -0.15) is 0 Å². The number of aromatic nitrogens is 2. The maximum absolute atomic E-state index is 11.5. The Morgan fingerprint density at radius 1 is 1.37 bits per heavy atom. The molecule has 0 aliphatic heterocycles. The van der Waals surface area contributed by atoms with E-state index < -0.39 is 0 Å². The van der Waals surface area contributed by atoms with Crippen molar-refractivity contribution in [3.63, 3.8) is 0 Å². The second kappa shape index (κ2) is 5.56. The molecule has 0 atom stereocenters. The van der Waals surface area contributed by atoms with Gasteiger partial charge in [-0.3, -0.25) is 4.79 Å². The molecule has 1 aromatic carbocycles. The third kappa shape index (κ3) is 3.34. The molecule has 100 valence electrons. The van der Waals surface area contributed by atoms with Gasteiger partial charge in [0, 0.05) is 24.8 Å². The number of nitrogens with one attached hydrogen (secondary N) is 1. The van der Waals surface area contributed by atoms with E-state index in [9.17, 15) is 4.79 Å². The minimum atomic E-state index is -0.131. The van der Waals surface area contributed by atoms with Crippen LogP contribution in [0, 0.1) is 6.92 Å². The number of benzene rings is 1. The van der Waals surface area contributed by atoms with E-state index in [1.165, 1.54) is 6.07 Å². The van der Waals surface area contributed by atoms with Gasteiger partial charge in [0.2, 0.25) is 0 Å². The number of aryl methyl sites for hydroxylation is 1. The smallest absolute Gasteiger partial charge is 0.252 e. The Bertz CT molecular complexity index is 621. The second-order valence-corrected chi connectivity index (χ2v) is 4.45. The van der Waals surface area contributed by atoms with Crippen LogP contribution in [0.4, 0.5) is 11.5 Å². The maximum atomic E-state index is 11.5. The van der Waals surface area contributed by atoms with Gasteiger partial charge in [0.15, 0.2) is 0 Å². The lowest BCUT2D eigenvalue weighted by Gasteiger charge is -2.22. The summed E-state index contributed by atoms with van der Waals surface area (Å²) in [6.45, 7) is 5.26. The molecule has 0 saturated carbocycles. The fourth-order valence-corrected chi connectivity index (χ4v) is 1.99. The van der Waals surface area contributed by atoms with E-state index in [2.05, 4.69) is 9.97 Å². The molecule has 3 N–H and O–H groups in total. The molecule has 0 aliphatic carbocycles. The summed E-state index contributed by atoms with van der Waals surface area (Å²) in [4.78, 5) is 20.5. The van der Waals surface area contributed by atoms with E-state index in [1.807, 2.05) is 36.1 Å². The molecule has 1 heterocycles. The Kier molecular flexibility index (Phi) is 3.85. The summed E-state index contributed by atoms with van der Waals surface area (Å²) in [5.74, 6) is 1.31. The third-order valence-corrected chi connectivity index (χ3v) is 2.88. The van der Waals surface area contributed by atoms with Crippen molar-refractivity contribution < 1.29 is 0 Å². The lowest BCUT2D eigenvalue weighted by molar-refractivity contribution is 0.801. The fraction of sp³-hybridized carbons (Fsp3) is 0.286. The van der Waals surface area contributed by atoms with Gasteiger partial charge in [-0.1, -0.05) is 12.1 Å². The summed E-state index contributed by atoms with van der Waals surface area (Å²) in [5, 5.41) is 0. The summed E-state index contributed by atoms with van der Waals surface area (Å²) in [7, 11) is 0. The summed E-state index contributed by atoms with van der Waals surface area (Å²) in [6, 6.07) is 9.24. The molecular weight excluding hydrogens is 240 g/mol. The van der Waals surface area contributed by atoms with Gasteiger partial charge in [0.25, 0.3) is 5.56 Å². The molecule has 5 heteroatoms. The second-order valence-electron chi connectivity index (χ2n) is 4.45. The topological polar surface area (TPSA) is 75.0 Å². The molecule has 2 rings (SSSR count). The van der Waals surface area contributed by atoms with Crippen LogP contribution in [0.1, 0.15) is 18.3 Å².